The van der Waals surface area contributed by atoms with Crippen LogP contribution in [0.5, 0.6) is 0 Å². The van der Waals surface area contributed by atoms with Crippen LogP contribution in [-0.2, 0) is 0 Å². The molecule has 2 N–H and O–H groups in total. The van der Waals surface area contributed by atoms with Crippen LogP contribution in [0.4, 0.5) is 5.69 Å². The standard InChI is InChI=1S/C20H24N2O2/c1-14(2)11-12-21-19(23)16-8-6-9-17(13-16)20(24)22-18-10-5-4-7-15(18)3/h4-10,13-14H,11-12H2,1-3H3,(H,21,23)(H,22,24). The minimum atomic E-state index is -0.221. The molecule has 2 amide bonds. The van der Waals surface area contributed by atoms with E-state index in [2.05, 4.69) is 24.5 Å². The molecule has 2 aromatic carbocycles. The van der Waals surface area contributed by atoms with E-state index in [1.165, 1.54) is 0 Å². The van der Waals surface area contributed by atoms with Gasteiger partial charge in [-0.1, -0.05) is 38.1 Å². The summed E-state index contributed by atoms with van der Waals surface area (Å²) in [5.74, 6) is 0.166. The smallest absolute Gasteiger partial charge is 0.255 e. The number of rotatable bonds is 6. The molecular formula is C20H24N2O2. The lowest BCUT2D eigenvalue weighted by atomic mass is 10.1. The van der Waals surface area contributed by atoms with E-state index in [1.807, 2.05) is 31.2 Å². The van der Waals surface area contributed by atoms with Gasteiger partial charge in [-0.2, -0.15) is 0 Å². The summed E-state index contributed by atoms with van der Waals surface area (Å²) in [5.41, 5.74) is 2.73. The first-order valence-electron chi connectivity index (χ1n) is 8.22. The number of para-hydroxylation sites is 1. The minimum Gasteiger partial charge on any atom is -0.352 e. The fourth-order valence-electron chi connectivity index (χ4n) is 2.29. The van der Waals surface area contributed by atoms with Crippen molar-refractivity contribution in [1.82, 2.24) is 5.32 Å². The van der Waals surface area contributed by atoms with E-state index in [0.29, 0.717) is 23.6 Å². The average molecular weight is 324 g/mol. The van der Waals surface area contributed by atoms with Crippen LogP contribution >= 0.6 is 0 Å². The summed E-state index contributed by atoms with van der Waals surface area (Å²) in [4.78, 5) is 24.6. The molecule has 0 saturated heterocycles. The molecule has 0 radical (unpaired) electrons. The van der Waals surface area contributed by atoms with Crippen molar-refractivity contribution in [3.05, 3.63) is 65.2 Å². The van der Waals surface area contributed by atoms with Gasteiger partial charge in [-0.05, 0) is 49.1 Å². The summed E-state index contributed by atoms with van der Waals surface area (Å²) < 4.78 is 0. The molecule has 2 aromatic rings. The highest BCUT2D eigenvalue weighted by atomic mass is 16.2. The fraction of sp³-hybridized carbons (Fsp3) is 0.300. The second kappa shape index (κ2) is 8.29. The highest BCUT2D eigenvalue weighted by Gasteiger charge is 2.11. The Morgan fingerprint density at radius 2 is 1.62 bits per heavy atom. The minimum absolute atomic E-state index is 0.152. The van der Waals surface area contributed by atoms with Crippen molar-refractivity contribution >= 4 is 17.5 Å². The second-order valence-corrected chi connectivity index (χ2v) is 6.29. The lowest BCUT2D eigenvalue weighted by Gasteiger charge is -2.10. The highest BCUT2D eigenvalue weighted by molar-refractivity contribution is 6.06. The van der Waals surface area contributed by atoms with Crippen molar-refractivity contribution in [2.75, 3.05) is 11.9 Å². The summed E-state index contributed by atoms with van der Waals surface area (Å²) in [6, 6.07) is 14.4. The van der Waals surface area contributed by atoms with Crippen LogP contribution in [0.25, 0.3) is 0 Å². The van der Waals surface area contributed by atoms with Gasteiger partial charge < -0.3 is 10.6 Å². The molecule has 0 saturated carbocycles. The van der Waals surface area contributed by atoms with E-state index in [9.17, 15) is 9.59 Å². The van der Waals surface area contributed by atoms with Gasteiger partial charge in [0.05, 0.1) is 0 Å². The van der Waals surface area contributed by atoms with Gasteiger partial charge in [-0.3, -0.25) is 9.59 Å². The van der Waals surface area contributed by atoms with Gasteiger partial charge in [0, 0.05) is 23.4 Å². The van der Waals surface area contributed by atoms with E-state index in [4.69, 9.17) is 0 Å². The van der Waals surface area contributed by atoms with E-state index in [1.54, 1.807) is 24.3 Å². The number of hydrogen-bond donors (Lipinski definition) is 2. The topological polar surface area (TPSA) is 58.2 Å². The Morgan fingerprint density at radius 1 is 0.958 bits per heavy atom. The van der Waals surface area contributed by atoms with E-state index in [0.717, 1.165) is 17.7 Å². The molecule has 0 spiro atoms. The van der Waals surface area contributed by atoms with Crippen LogP contribution < -0.4 is 10.6 Å². The van der Waals surface area contributed by atoms with Crippen LogP contribution in [0.2, 0.25) is 0 Å². The van der Waals surface area contributed by atoms with Crippen LogP contribution in [0.1, 0.15) is 46.5 Å². The number of amides is 2. The zero-order chi connectivity index (χ0) is 17.5. The Bertz CT molecular complexity index is 723. The molecule has 0 aliphatic carbocycles. The van der Waals surface area contributed by atoms with Crippen molar-refractivity contribution in [2.24, 2.45) is 5.92 Å². The van der Waals surface area contributed by atoms with Crippen LogP contribution in [-0.4, -0.2) is 18.4 Å². The molecule has 0 heterocycles. The van der Waals surface area contributed by atoms with Crippen LogP contribution in [0, 0.1) is 12.8 Å². The Morgan fingerprint density at radius 3 is 2.29 bits per heavy atom. The first-order valence-corrected chi connectivity index (χ1v) is 8.22. The quantitative estimate of drug-likeness (QED) is 0.843. The molecule has 0 bridgehead atoms. The third-order valence-corrected chi connectivity index (χ3v) is 3.79. The molecule has 0 aromatic heterocycles. The molecule has 4 nitrogen and oxygen atoms in total. The molecule has 0 aliphatic rings. The number of nitrogens with one attached hydrogen (secondary N) is 2. The van der Waals surface area contributed by atoms with E-state index >= 15 is 0 Å². The summed E-state index contributed by atoms with van der Waals surface area (Å²) >= 11 is 0. The Kier molecular flexibility index (Phi) is 6.13. The second-order valence-electron chi connectivity index (χ2n) is 6.29. The van der Waals surface area contributed by atoms with Crippen molar-refractivity contribution < 1.29 is 9.59 Å². The first-order chi connectivity index (χ1) is 11.5. The van der Waals surface area contributed by atoms with Gasteiger partial charge >= 0.3 is 0 Å². The molecule has 126 valence electrons. The summed E-state index contributed by atoms with van der Waals surface area (Å²) in [6.45, 7) is 6.80. The molecule has 0 fully saturated rings. The number of aryl methyl sites for hydroxylation is 1. The van der Waals surface area contributed by atoms with E-state index in [-0.39, 0.29) is 11.8 Å². The summed E-state index contributed by atoms with van der Waals surface area (Å²) in [7, 11) is 0. The number of carbonyl (C=O) groups is 2. The molecule has 4 heteroatoms. The Balaban J connectivity index is 2.05. The molecule has 24 heavy (non-hydrogen) atoms. The van der Waals surface area contributed by atoms with Gasteiger partial charge in [-0.25, -0.2) is 0 Å². The predicted molar refractivity (Wildman–Crippen MR) is 97.4 cm³/mol. The van der Waals surface area contributed by atoms with Crippen LogP contribution in [0.15, 0.2) is 48.5 Å². The van der Waals surface area contributed by atoms with Crippen molar-refractivity contribution in [1.29, 1.82) is 0 Å². The normalized spacial score (nSPS) is 10.5. The van der Waals surface area contributed by atoms with Crippen LogP contribution in [0.3, 0.4) is 0 Å². The maximum atomic E-state index is 12.4. The lowest BCUT2D eigenvalue weighted by molar-refractivity contribution is 0.0952. The number of carbonyl (C=O) groups excluding carboxylic acids is 2. The van der Waals surface area contributed by atoms with Gasteiger partial charge in [-0.15, -0.1) is 0 Å². The first kappa shape index (κ1) is 17.7. The van der Waals surface area contributed by atoms with Gasteiger partial charge in [0.25, 0.3) is 11.8 Å². The highest BCUT2D eigenvalue weighted by Crippen LogP contribution is 2.15. The number of anilines is 1. The predicted octanol–water partition coefficient (Wildman–Crippen LogP) is 4.02. The van der Waals surface area contributed by atoms with Gasteiger partial charge in [0.15, 0.2) is 0 Å². The Hall–Kier alpha value is -2.62. The number of hydrogen-bond acceptors (Lipinski definition) is 2. The lowest BCUT2D eigenvalue weighted by Crippen LogP contribution is -2.25. The summed E-state index contributed by atoms with van der Waals surface area (Å²) in [5, 5.41) is 5.76. The van der Waals surface area contributed by atoms with Crippen molar-refractivity contribution in [3.8, 4) is 0 Å². The monoisotopic (exact) mass is 324 g/mol. The van der Waals surface area contributed by atoms with Gasteiger partial charge in [0.1, 0.15) is 0 Å². The third-order valence-electron chi connectivity index (χ3n) is 3.79. The zero-order valence-electron chi connectivity index (χ0n) is 14.4. The third kappa shape index (κ3) is 4.95. The van der Waals surface area contributed by atoms with Crippen molar-refractivity contribution in [2.45, 2.75) is 27.2 Å². The van der Waals surface area contributed by atoms with Crippen molar-refractivity contribution in [3.63, 3.8) is 0 Å². The molecule has 2 rings (SSSR count). The Labute approximate surface area is 143 Å². The fourth-order valence-corrected chi connectivity index (χ4v) is 2.29. The average Bonchev–Trinajstić information content (AvgIpc) is 2.56. The molecule has 0 atom stereocenters. The zero-order valence-corrected chi connectivity index (χ0v) is 14.4. The largest absolute Gasteiger partial charge is 0.352 e. The summed E-state index contributed by atoms with van der Waals surface area (Å²) in [6.07, 6.45) is 0.930. The molecular weight excluding hydrogens is 300 g/mol. The maximum Gasteiger partial charge on any atom is 0.255 e. The maximum absolute atomic E-state index is 12.4. The number of benzene rings is 2. The SMILES string of the molecule is Cc1ccccc1NC(=O)c1cccc(C(=O)NCCC(C)C)c1. The van der Waals surface area contributed by atoms with E-state index < -0.39 is 0 Å². The van der Waals surface area contributed by atoms with Gasteiger partial charge in [0.2, 0.25) is 0 Å². The molecule has 0 aliphatic heterocycles. The molecule has 0 unspecified atom stereocenters.